The van der Waals surface area contributed by atoms with Crippen LogP contribution in [0, 0.1) is 5.92 Å². The van der Waals surface area contributed by atoms with Crippen molar-refractivity contribution in [3.8, 4) is 0 Å². The van der Waals surface area contributed by atoms with Crippen molar-refractivity contribution in [1.29, 1.82) is 0 Å². The topological polar surface area (TPSA) is 39.7 Å². The van der Waals surface area contributed by atoms with Gasteiger partial charge in [0.15, 0.2) is 5.82 Å². The van der Waals surface area contributed by atoms with Crippen molar-refractivity contribution in [3.63, 3.8) is 0 Å². The van der Waals surface area contributed by atoms with Gasteiger partial charge in [-0.3, -0.25) is 4.79 Å². The minimum absolute atomic E-state index is 0.0520. The molecule has 2 aromatic rings. The van der Waals surface area contributed by atoms with Crippen molar-refractivity contribution in [2.45, 2.75) is 25.1 Å². The summed E-state index contributed by atoms with van der Waals surface area (Å²) < 4.78 is 38.8. The van der Waals surface area contributed by atoms with Gasteiger partial charge in [0.05, 0.1) is 17.3 Å². The standard InChI is InChI=1S/C21H21F3N4O/c22-21(23,24)15-5-7-16(8-6-15)28-13-17-12-26(20(29)14-3-4-14)10-11-27(17)19-18(28)2-1-9-25-19/h1-2,5-9,14,17H,3-4,10-13H2. The molecule has 2 aliphatic heterocycles. The molecule has 8 heteroatoms. The molecule has 3 aliphatic rings. The normalized spacial score (nSPS) is 21.6. The van der Waals surface area contributed by atoms with Gasteiger partial charge in [0.1, 0.15) is 0 Å². The second-order valence-electron chi connectivity index (χ2n) is 7.91. The number of halogens is 3. The van der Waals surface area contributed by atoms with Gasteiger partial charge in [-0.1, -0.05) is 0 Å². The quantitative estimate of drug-likeness (QED) is 0.768. The molecule has 1 saturated heterocycles. The van der Waals surface area contributed by atoms with Crippen LogP contribution in [0.25, 0.3) is 0 Å². The van der Waals surface area contributed by atoms with Crippen LogP contribution in [0.3, 0.4) is 0 Å². The maximum atomic E-state index is 12.9. The van der Waals surface area contributed by atoms with Crippen LogP contribution in [0.15, 0.2) is 42.6 Å². The molecule has 1 amide bonds. The highest BCUT2D eigenvalue weighted by molar-refractivity contribution is 5.82. The van der Waals surface area contributed by atoms with Gasteiger partial charge in [-0.2, -0.15) is 13.2 Å². The number of anilines is 3. The highest BCUT2D eigenvalue weighted by Crippen LogP contribution is 2.41. The largest absolute Gasteiger partial charge is 0.416 e. The molecule has 1 atom stereocenters. The van der Waals surface area contributed by atoms with Crippen LogP contribution in [0.1, 0.15) is 18.4 Å². The Kier molecular flexibility index (Phi) is 4.18. The number of rotatable bonds is 2. The molecule has 1 unspecified atom stereocenters. The Morgan fingerprint density at radius 1 is 1.03 bits per heavy atom. The summed E-state index contributed by atoms with van der Waals surface area (Å²) in [6.07, 6.45) is -0.671. The minimum Gasteiger partial charge on any atom is -0.347 e. The molecule has 3 heterocycles. The number of fused-ring (bicyclic) bond motifs is 3. The van der Waals surface area contributed by atoms with Gasteiger partial charge in [0.25, 0.3) is 0 Å². The monoisotopic (exact) mass is 402 g/mol. The zero-order chi connectivity index (χ0) is 20.2. The number of alkyl halides is 3. The van der Waals surface area contributed by atoms with Gasteiger partial charge >= 0.3 is 6.18 Å². The molecule has 1 aromatic heterocycles. The molecule has 29 heavy (non-hydrogen) atoms. The second-order valence-corrected chi connectivity index (χ2v) is 7.91. The van der Waals surface area contributed by atoms with Crippen molar-refractivity contribution < 1.29 is 18.0 Å². The van der Waals surface area contributed by atoms with Crippen molar-refractivity contribution in [3.05, 3.63) is 48.2 Å². The highest BCUT2D eigenvalue weighted by atomic mass is 19.4. The van der Waals surface area contributed by atoms with Crippen LogP contribution in [0.2, 0.25) is 0 Å². The van der Waals surface area contributed by atoms with E-state index in [1.54, 1.807) is 6.20 Å². The molecule has 1 aromatic carbocycles. The number of pyridine rings is 1. The molecule has 1 aliphatic carbocycles. The number of hydrogen-bond donors (Lipinski definition) is 0. The van der Waals surface area contributed by atoms with Gasteiger partial charge in [-0.05, 0) is 49.2 Å². The average molecular weight is 402 g/mol. The van der Waals surface area contributed by atoms with Crippen LogP contribution >= 0.6 is 0 Å². The lowest BCUT2D eigenvalue weighted by Gasteiger charge is -2.48. The predicted octanol–water partition coefficient (Wildman–Crippen LogP) is 3.68. The molecule has 2 fully saturated rings. The summed E-state index contributed by atoms with van der Waals surface area (Å²) in [6, 6.07) is 9.07. The van der Waals surface area contributed by atoms with Crippen LogP contribution < -0.4 is 9.80 Å². The SMILES string of the molecule is O=C(C1CC1)N1CCN2c3ncccc3N(c3ccc(C(F)(F)F)cc3)CC2C1. The summed E-state index contributed by atoms with van der Waals surface area (Å²) in [6.45, 7) is 2.61. The highest BCUT2D eigenvalue weighted by Gasteiger charge is 2.41. The van der Waals surface area contributed by atoms with E-state index in [9.17, 15) is 18.0 Å². The number of piperazine rings is 1. The number of nitrogens with zero attached hydrogens (tertiary/aromatic N) is 4. The van der Waals surface area contributed by atoms with E-state index in [-0.39, 0.29) is 17.9 Å². The second kappa shape index (κ2) is 6.64. The average Bonchev–Trinajstić information content (AvgIpc) is 3.57. The van der Waals surface area contributed by atoms with E-state index in [0.29, 0.717) is 31.9 Å². The summed E-state index contributed by atoms with van der Waals surface area (Å²) >= 11 is 0. The summed E-state index contributed by atoms with van der Waals surface area (Å²) in [5.74, 6) is 1.24. The summed E-state index contributed by atoms with van der Waals surface area (Å²) in [4.78, 5) is 23.3. The molecule has 152 valence electrons. The van der Waals surface area contributed by atoms with Gasteiger partial charge < -0.3 is 14.7 Å². The molecule has 5 rings (SSSR count). The first-order valence-corrected chi connectivity index (χ1v) is 9.87. The van der Waals surface area contributed by atoms with E-state index in [4.69, 9.17) is 0 Å². The Morgan fingerprint density at radius 2 is 1.79 bits per heavy atom. The number of aromatic nitrogens is 1. The van der Waals surface area contributed by atoms with Crippen molar-refractivity contribution in [2.24, 2.45) is 5.92 Å². The third-order valence-electron chi connectivity index (χ3n) is 5.95. The van der Waals surface area contributed by atoms with E-state index in [0.717, 1.165) is 36.5 Å². The zero-order valence-corrected chi connectivity index (χ0v) is 15.8. The van der Waals surface area contributed by atoms with E-state index in [1.165, 1.54) is 12.1 Å². The molecule has 5 nitrogen and oxygen atoms in total. The molecule has 1 saturated carbocycles. The smallest absolute Gasteiger partial charge is 0.347 e. The lowest BCUT2D eigenvalue weighted by Crippen LogP contribution is -2.60. The first kappa shape index (κ1) is 18.3. The number of hydrogen-bond acceptors (Lipinski definition) is 4. The van der Waals surface area contributed by atoms with E-state index < -0.39 is 11.7 Å². The van der Waals surface area contributed by atoms with Crippen molar-refractivity contribution in [2.75, 3.05) is 36.0 Å². The van der Waals surface area contributed by atoms with Crippen molar-refractivity contribution in [1.82, 2.24) is 9.88 Å². The third kappa shape index (κ3) is 3.30. The van der Waals surface area contributed by atoms with Gasteiger partial charge in [-0.15, -0.1) is 0 Å². The molecule has 0 radical (unpaired) electrons. The summed E-state index contributed by atoms with van der Waals surface area (Å²) in [5.41, 5.74) is 0.910. The first-order chi connectivity index (χ1) is 13.9. The van der Waals surface area contributed by atoms with E-state index in [1.807, 2.05) is 21.9 Å². The molecular weight excluding hydrogens is 381 g/mol. The summed E-state index contributed by atoms with van der Waals surface area (Å²) in [7, 11) is 0. The van der Waals surface area contributed by atoms with Gasteiger partial charge in [-0.25, -0.2) is 4.98 Å². The molecule has 0 spiro atoms. The van der Waals surface area contributed by atoms with Crippen LogP contribution in [0.4, 0.5) is 30.4 Å². The molecular formula is C21H21F3N4O. The number of benzene rings is 1. The van der Waals surface area contributed by atoms with E-state index >= 15 is 0 Å². The third-order valence-corrected chi connectivity index (χ3v) is 5.95. The fourth-order valence-electron chi connectivity index (χ4n) is 4.28. The Bertz CT molecular complexity index is 926. The van der Waals surface area contributed by atoms with Crippen LogP contribution in [-0.4, -0.2) is 48.0 Å². The maximum Gasteiger partial charge on any atom is 0.416 e. The lowest BCUT2D eigenvalue weighted by atomic mass is 10.0. The number of carbonyl (C=O) groups is 1. The lowest BCUT2D eigenvalue weighted by molar-refractivity contribution is -0.137. The zero-order valence-electron chi connectivity index (χ0n) is 15.8. The van der Waals surface area contributed by atoms with Gasteiger partial charge in [0, 0.05) is 44.0 Å². The Morgan fingerprint density at radius 3 is 2.48 bits per heavy atom. The molecule has 0 N–H and O–H groups in total. The Balaban J connectivity index is 1.45. The predicted molar refractivity (Wildman–Crippen MR) is 103 cm³/mol. The first-order valence-electron chi connectivity index (χ1n) is 9.87. The van der Waals surface area contributed by atoms with E-state index in [2.05, 4.69) is 9.88 Å². The fraction of sp³-hybridized carbons (Fsp3) is 0.429. The van der Waals surface area contributed by atoms with Crippen LogP contribution in [-0.2, 0) is 11.0 Å². The maximum absolute atomic E-state index is 12.9. The Labute approximate surface area is 166 Å². The van der Waals surface area contributed by atoms with Gasteiger partial charge in [0.2, 0.25) is 5.91 Å². The minimum atomic E-state index is -4.36. The number of carbonyl (C=O) groups excluding carboxylic acids is 1. The summed E-state index contributed by atoms with van der Waals surface area (Å²) in [5, 5.41) is 0. The molecule has 0 bridgehead atoms. The van der Waals surface area contributed by atoms with Crippen LogP contribution in [0.5, 0.6) is 0 Å². The number of amides is 1. The fourth-order valence-corrected chi connectivity index (χ4v) is 4.28. The van der Waals surface area contributed by atoms with Crippen molar-refractivity contribution >= 4 is 23.1 Å². The Hall–Kier alpha value is -2.77.